The summed E-state index contributed by atoms with van der Waals surface area (Å²) in [5, 5.41) is 13.6. The summed E-state index contributed by atoms with van der Waals surface area (Å²) in [6.07, 6.45) is 6.40. The van der Waals surface area contributed by atoms with Crippen molar-refractivity contribution in [2.45, 2.75) is 57.6 Å². The molecule has 0 aromatic carbocycles. The van der Waals surface area contributed by atoms with Crippen LogP contribution in [0.15, 0.2) is 0 Å². The molecule has 1 saturated carbocycles. The zero-order valence-corrected chi connectivity index (χ0v) is 11.4. The van der Waals surface area contributed by atoms with E-state index >= 15 is 0 Å². The van der Waals surface area contributed by atoms with Gasteiger partial charge in [0, 0.05) is 25.7 Å². The summed E-state index contributed by atoms with van der Waals surface area (Å²) in [5.41, 5.74) is -0.442. The zero-order chi connectivity index (χ0) is 12.3. The van der Waals surface area contributed by atoms with Crippen molar-refractivity contribution < 1.29 is 5.11 Å². The van der Waals surface area contributed by atoms with E-state index in [1.54, 1.807) is 0 Å². The van der Waals surface area contributed by atoms with E-state index in [2.05, 4.69) is 17.1 Å². The van der Waals surface area contributed by atoms with Gasteiger partial charge in [-0.15, -0.1) is 0 Å². The maximum absolute atomic E-state index is 10.0. The molecule has 0 radical (unpaired) electrons. The fraction of sp³-hybridized carbons (Fsp3) is 1.00. The molecule has 2 fully saturated rings. The summed E-state index contributed by atoms with van der Waals surface area (Å²) in [6, 6.07) is 0.708. The van der Waals surface area contributed by atoms with Crippen molar-refractivity contribution in [2.24, 2.45) is 5.92 Å². The van der Waals surface area contributed by atoms with Gasteiger partial charge in [0.15, 0.2) is 0 Å². The Bertz CT molecular complexity index is 240. The van der Waals surface area contributed by atoms with Gasteiger partial charge >= 0.3 is 0 Å². The Labute approximate surface area is 106 Å². The van der Waals surface area contributed by atoms with Crippen LogP contribution in [0.3, 0.4) is 0 Å². The molecule has 1 aliphatic carbocycles. The van der Waals surface area contributed by atoms with Crippen molar-refractivity contribution in [3.8, 4) is 0 Å². The predicted octanol–water partition coefficient (Wildman–Crippen LogP) is 1.61. The third-order valence-corrected chi connectivity index (χ3v) is 4.40. The Balaban J connectivity index is 1.84. The smallest absolute Gasteiger partial charge is 0.0758 e. The van der Waals surface area contributed by atoms with E-state index in [1.807, 2.05) is 6.92 Å². The number of likely N-dealkylation sites (tertiary alicyclic amines) is 1. The van der Waals surface area contributed by atoms with Gasteiger partial charge in [0.05, 0.1) is 5.60 Å². The number of nitrogens with one attached hydrogen (secondary N) is 1. The van der Waals surface area contributed by atoms with E-state index in [0.29, 0.717) is 6.04 Å². The van der Waals surface area contributed by atoms with E-state index < -0.39 is 5.60 Å². The standard InChI is InChI=1S/C14H28N2O/c1-3-15-13-7-5-4-6-12(13)10-16-9-8-14(2,17)11-16/h12-13,15,17H,3-11H2,1-2H3. The number of hydrogen-bond acceptors (Lipinski definition) is 3. The molecule has 0 amide bonds. The molecule has 3 atom stereocenters. The van der Waals surface area contributed by atoms with Crippen LogP contribution < -0.4 is 5.32 Å². The average molecular weight is 240 g/mol. The van der Waals surface area contributed by atoms with Crippen molar-refractivity contribution >= 4 is 0 Å². The van der Waals surface area contributed by atoms with Crippen LogP contribution in [0.2, 0.25) is 0 Å². The molecule has 2 rings (SSSR count). The van der Waals surface area contributed by atoms with Gasteiger partial charge in [0.2, 0.25) is 0 Å². The Morgan fingerprint density at radius 1 is 1.35 bits per heavy atom. The second-order valence-corrected chi connectivity index (χ2v) is 6.19. The molecular formula is C14H28N2O. The minimum absolute atomic E-state index is 0.442. The van der Waals surface area contributed by atoms with Crippen LogP contribution in [0.4, 0.5) is 0 Å². The monoisotopic (exact) mass is 240 g/mol. The minimum Gasteiger partial charge on any atom is -0.389 e. The van der Waals surface area contributed by atoms with Crippen LogP contribution in [-0.2, 0) is 0 Å². The van der Waals surface area contributed by atoms with E-state index in [4.69, 9.17) is 0 Å². The minimum atomic E-state index is -0.442. The van der Waals surface area contributed by atoms with Crippen LogP contribution >= 0.6 is 0 Å². The molecule has 17 heavy (non-hydrogen) atoms. The predicted molar refractivity (Wildman–Crippen MR) is 71.1 cm³/mol. The second-order valence-electron chi connectivity index (χ2n) is 6.19. The summed E-state index contributed by atoms with van der Waals surface area (Å²) >= 11 is 0. The summed E-state index contributed by atoms with van der Waals surface area (Å²) in [6.45, 7) is 8.36. The average Bonchev–Trinajstić information content (AvgIpc) is 2.61. The Morgan fingerprint density at radius 3 is 2.76 bits per heavy atom. The largest absolute Gasteiger partial charge is 0.389 e. The molecular weight excluding hydrogens is 212 g/mol. The quantitative estimate of drug-likeness (QED) is 0.784. The molecule has 2 N–H and O–H groups in total. The van der Waals surface area contributed by atoms with Gasteiger partial charge in [-0.3, -0.25) is 0 Å². The van der Waals surface area contributed by atoms with Gasteiger partial charge in [-0.2, -0.15) is 0 Å². The number of aliphatic hydroxyl groups is 1. The molecule has 0 spiro atoms. The first-order valence-corrected chi connectivity index (χ1v) is 7.29. The first-order valence-electron chi connectivity index (χ1n) is 7.29. The molecule has 1 heterocycles. The van der Waals surface area contributed by atoms with Crippen LogP contribution in [0.25, 0.3) is 0 Å². The van der Waals surface area contributed by atoms with Crippen molar-refractivity contribution in [2.75, 3.05) is 26.2 Å². The summed E-state index contributed by atoms with van der Waals surface area (Å²) in [4.78, 5) is 2.46. The van der Waals surface area contributed by atoms with Crippen molar-refractivity contribution in [3.63, 3.8) is 0 Å². The highest BCUT2D eigenvalue weighted by Gasteiger charge is 2.34. The van der Waals surface area contributed by atoms with Crippen LogP contribution in [-0.4, -0.2) is 47.8 Å². The fourth-order valence-electron chi connectivity index (χ4n) is 3.48. The number of nitrogens with zero attached hydrogens (tertiary/aromatic N) is 1. The van der Waals surface area contributed by atoms with Crippen molar-refractivity contribution in [1.29, 1.82) is 0 Å². The van der Waals surface area contributed by atoms with Gasteiger partial charge in [-0.1, -0.05) is 19.8 Å². The third kappa shape index (κ3) is 3.67. The summed E-state index contributed by atoms with van der Waals surface area (Å²) < 4.78 is 0. The lowest BCUT2D eigenvalue weighted by Gasteiger charge is -2.35. The summed E-state index contributed by atoms with van der Waals surface area (Å²) in [5.74, 6) is 0.789. The highest BCUT2D eigenvalue weighted by molar-refractivity contribution is 4.89. The SMILES string of the molecule is CCNC1CCCCC1CN1CCC(C)(O)C1. The molecule has 3 heteroatoms. The van der Waals surface area contributed by atoms with Gasteiger partial charge < -0.3 is 15.3 Å². The maximum atomic E-state index is 10.0. The number of hydrogen-bond donors (Lipinski definition) is 2. The van der Waals surface area contributed by atoms with E-state index in [-0.39, 0.29) is 0 Å². The molecule has 3 unspecified atom stereocenters. The second kappa shape index (κ2) is 5.68. The Kier molecular flexibility index (Phi) is 4.45. The maximum Gasteiger partial charge on any atom is 0.0758 e. The van der Waals surface area contributed by atoms with Crippen molar-refractivity contribution in [3.05, 3.63) is 0 Å². The van der Waals surface area contributed by atoms with Gasteiger partial charge in [-0.25, -0.2) is 0 Å². The van der Waals surface area contributed by atoms with Gasteiger partial charge in [0.25, 0.3) is 0 Å². The van der Waals surface area contributed by atoms with E-state index in [1.165, 1.54) is 32.2 Å². The molecule has 0 bridgehead atoms. The van der Waals surface area contributed by atoms with E-state index in [9.17, 15) is 5.11 Å². The lowest BCUT2D eigenvalue weighted by Crippen LogP contribution is -2.44. The molecule has 0 aromatic rings. The van der Waals surface area contributed by atoms with Crippen LogP contribution in [0.5, 0.6) is 0 Å². The van der Waals surface area contributed by atoms with Crippen molar-refractivity contribution in [1.82, 2.24) is 10.2 Å². The first kappa shape index (κ1) is 13.3. The summed E-state index contributed by atoms with van der Waals surface area (Å²) in [7, 11) is 0. The molecule has 3 nitrogen and oxygen atoms in total. The topological polar surface area (TPSA) is 35.5 Å². The highest BCUT2D eigenvalue weighted by Crippen LogP contribution is 2.28. The first-order chi connectivity index (χ1) is 8.11. The van der Waals surface area contributed by atoms with E-state index in [0.717, 1.165) is 32.0 Å². The number of β-amino-alcohol motifs (C(OH)–C–C–N with tert-alkyl or cyclic N) is 1. The lowest BCUT2D eigenvalue weighted by atomic mass is 9.84. The fourth-order valence-corrected chi connectivity index (χ4v) is 3.48. The highest BCUT2D eigenvalue weighted by atomic mass is 16.3. The molecule has 1 aliphatic heterocycles. The lowest BCUT2D eigenvalue weighted by molar-refractivity contribution is 0.0640. The van der Waals surface area contributed by atoms with Gasteiger partial charge in [-0.05, 0) is 38.6 Å². The molecule has 2 aliphatic rings. The van der Waals surface area contributed by atoms with Crippen LogP contribution in [0.1, 0.15) is 46.0 Å². The third-order valence-electron chi connectivity index (χ3n) is 4.40. The van der Waals surface area contributed by atoms with Crippen LogP contribution in [0, 0.1) is 5.92 Å². The zero-order valence-electron chi connectivity index (χ0n) is 11.4. The Morgan fingerprint density at radius 2 is 2.12 bits per heavy atom. The normalized spacial score (nSPS) is 39.7. The number of rotatable bonds is 4. The molecule has 0 aromatic heterocycles. The van der Waals surface area contributed by atoms with Gasteiger partial charge in [0.1, 0.15) is 0 Å². The Hall–Kier alpha value is -0.120. The molecule has 1 saturated heterocycles. The molecule has 100 valence electrons.